The lowest BCUT2D eigenvalue weighted by molar-refractivity contribution is -0.0233. The minimum atomic E-state index is -0.769. The first-order chi connectivity index (χ1) is 9.30. The van der Waals surface area contributed by atoms with Crippen LogP contribution in [0.15, 0.2) is 18.2 Å². The Bertz CT molecular complexity index is 487. The highest BCUT2D eigenvalue weighted by molar-refractivity contribution is 5.92. The Hall–Kier alpha value is -1.42. The van der Waals surface area contributed by atoms with Crippen molar-refractivity contribution in [3.05, 3.63) is 29.6 Å². The van der Waals surface area contributed by atoms with Gasteiger partial charge >= 0.3 is 0 Å². The lowest BCUT2D eigenvalue weighted by Crippen LogP contribution is -2.46. The van der Waals surface area contributed by atoms with Crippen molar-refractivity contribution in [2.24, 2.45) is 5.41 Å². The predicted octanol–water partition coefficient (Wildman–Crippen LogP) is 2.45. The van der Waals surface area contributed by atoms with Crippen molar-refractivity contribution < 1.29 is 9.90 Å². The third kappa shape index (κ3) is 3.79. The van der Waals surface area contributed by atoms with Crippen molar-refractivity contribution >= 4 is 5.91 Å². The fourth-order valence-electron chi connectivity index (χ4n) is 2.57. The predicted molar refractivity (Wildman–Crippen MR) is 78.5 cm³/mol. The summed E-state index contributed by atoms with van der Waals surface area (Å²) in [5.41, 5.74) is 0.754. The van der Waals surface area contributed by atoms with Crippen LogP contribution in [0, 0.1) is 12.3 Å². The van der Waals surface area contributed by atoms with Gasteiger partial charge in [0.2, 0.25) is 0 Å². The van der Waals surface area contributed by atoms with Crippen molar-refractivity contribution in [1.29, 1.82) is 0 Å². The Labute approximate surface area is 120 Å². The maximum atomic E-state index is 12.0. The highest BCUT2D eigenvalue weighted by atomic mass is 16.3. The van der Waals surface area contributed by atoms with Gasteiger partial charge in [-0.25, -0.2) is 4.98 Å². The average Bonchev–Trinajstić information content (AvgIpc) is 2.40. The summed E-state index contributed by atoms with van der Waals surface area (Å²) in [7, 11) is 0. The molecule has 1 aliphatic rings. The van der Waals surface area contributed by atoms with Crippen molar-refractivity contribution in [2.75, 3.05) is 6.54 Å². The van der Waals surface area contributed by atoms with Crippen LogP contribution in [0.3, 0.4) is 0 Å². The molecule has 1 aromatic rings. The lowest BCUT2D eigenvalue weighted by atomic mass is 9.71. The molecule has 1 saturated carbocycles. The van der Waals surface area contributed by atoms with E-state index < -0.39 is 5.60 Å². The smallest absolute Gasteiger partial charge is 0.269 e. The molecular formula is C16H24N2O2. The second-order valence-electron chi connectivity index (χ2n) is 6.74. The quantitative estimate of drug-likeness (QED) is 0.891. The SMILES string of the molecule is Cc1cccc(C(=O)NCC2(O)CCC(C)(C)CC2)n1. The van der Waals surface area contributed by atoms with Gasteiger partial charge in [0.25, 0.3) is 5.91 Å². The molecule has 4 nitrogen and oxygen atoms in total. The van der Waals surface area contributed by atoms with Gasteiger partial charge in [-0.2, -0.15) is 0 Å². The molecule has 1 fully saturated rings. The number of rotatable bonds is 3. The molecule has 2 rings (SSSR count). The van der Waals surface area contributed by atoms with Crippen LogP contribution in [0.4, 0.5) is 0 Å². The maximum Gasteiger partial charge on any atom is 0.269 e. The molecule has 0 atom stereocenters. The third-order valence-corrected chi connectivity index (χ3v) is 4.23. The lowest BCUT2D eigenvalue weighted by Gasteiger charge is -2.40. The Kier molecular flexibility index (Phi) is 4.14. The van der Waals surface area contributed by atoms with E-state index in [1.807, 2.05) is 19.1 Å². The minimum absolute atomic E-state index is 0.216. The average molecular weight is 276 g/mol. The van der Waals surface area contributed by atoms with Gasteiger partial charge in [0.1, 0.15) is 5.69 Å². The molecule has 4 heteroatoms. The molecule has 0 aliphatic heterocycles. The van der Waals surface area contributed by atoms with Gasteiger partial charge in [-0.15, -0.1) is 0 Å². The molecule has 1 aromatic heterocycles. The molecule has 1 amide bonds. The number of hydrogen-bond acceptors (Lipinski definition) is 3. The summed E-state index contributed by atoms with van der Waals surface area (Å²) in [6.45, 7) is 6.61. The summed E-state index contributed by atoms with van der Waals surface area (Å²) in [6, 6.07) is 5.36. The van der Waals surface area contributed by atoms with Crippen LogP contribution in [0.2, 0.25) is 0 Å². The number of aromatic nitrogens is 1. The van der Waals surface area contributed by atoms with Crippen LogP contribution in [0.5, 0.6) is 0 Å². The second-order valence-corrected chi connectivity index (χ2v) is 6.74. The van der Waals surface area contributed by atoms with E-state index in [9.17, 15) is 9.90 Å². The summed E-state index contributed by atoms with van der Waals surface area (Å²) in [4.78, 5) is 16.2. The topological polar surface area (TPSA) is 62.2 Å². The summed E-state index contributed by atoms with van der Waals surface area (Å²) < 4.78 is 0. The standard InChI is InChI=1S/C16H24N2O2/c1-12-5-4-6-13(18-12)14(19)17-11-16(20)9-7-15(2,3)8-10-16/h4-6,20H,7-11H2,1-3H3,(H,17,19). The number of nitrogens with one attached hydrogen (secondary N) is 1. The zero-order valence-corrected chi connectivity index (χ0v) is 12.6. The van der Waals surface area contributed by atoms with Gasteiger partial charge < -0.3 is 10.4 Å². The van der Waals surface area contributed by atoms with Gasteiger partial charge in [-0.05, 0) is 50.2 Å². The van der Waals surface area contributed by atoms with Crippen molar-refractivity contribution in [1.82, 2.24) is 10.3 Å². The van der Waals surface area contributed by atoms with E-state index in [1.165, 1.54) is 0 Å². The van der Waals surface area contributed by atoms with Crippen molar-refractivity contribution in [2.45, 2.75) is 52.1 Å². The van der Waals surface area contributed by atoms with Crippen LogP contribution >= 0.6 is 0 Å². The zero-order valence-electron chi connectivity index (χ0n) is 12.6. The van der Waals surface area contributed by atoms with Gasteiger partial charge in [0, 0.05) is 12.2 Å². The number of pyridine rings is 1. The molecule has 0 saturated heterocycles. The number of amides is 1. The molecule has 1 heterocycles. The first-order valence-electron chi connectivity index (χ1n) is 7.24. The zero-order chi connectivity index (χ0) is 14.8. The molecule has 1 aliphatic carbocycles. The van der Waals surface area contributed by atoms with Crippen LogP contribution < -0.4 is 5.32 Å². The van der Waals surface area contributed by atoms with Gasteiger partial charge in [-0.1, -0.05) is 19.9 Å². The summed E-state index contributed by atoms with van der Waals surface area (Å²) in [5.74, 6) is -0.216. The Balaban J connectivity index is 1.90. The number of aliphatic hydroxyl groups is 1. The number of carbonyl (C=O) groups excluding carboxylic acids is 1. The fraction of sp³-hybridized carbons (Fsp3) is 0.625. The van der Waals surface area contributed by atoms with E-state index in [1.54, 1.807) is 6.07 Å². The largest absolute Gasteiger partial charge is 0.388 e. The van der Waals surface area contributed by atoms with E-state index in [2.05, 4.69) is 24.1 Å². The number of aryl methyl sites for hydroxylation is 1. The highest BCUT2D eigenvalue weighted by Crippen LogP contribution is 2.39. The number of nitrogens with zero attached hydrogens (tertiary/aromatic N) is 1. The number of carbonyl (C=O) groups is 1. The molecule has 2 N–H and O–H groups in total. The molecule has 0 aromatic carbocycles. The monoisotopic (exact) mass is 276 g/mol. The Morgan fingerprint density at radius 1 is 1.30 bits per heavy atom. The molecule has 0 radical (unpaired) electrons. The highest BCUT2D eigenvalue weighted by Gasteiger charge is 2.36. The third-order valence-electron chi connectivity index (χ3n) is 4.23. The molecular weight excluding hydrogens is 252 g/mol. The van der Waals surface area contributed by atoms with Gasteiger partial charge in [0.05, 0.1) is 5.60 Å². The molecule has 0 bridgehead atoms. The number of hydrogen-bond donors (Lipinski definition) is 2. The molecule has 110 valence electrons. The van der Waals surface area contributed by atoms with E-state index in [4.69, 9.17) is 0 Å². The second kappa shape index (κ2) is 5.52. The van der Waals surface area contributed by atoms with E-state index >= 15 is 0 Å². The van der Waals surface area contributed by atoms with Crippen LogP contribution in [0.25, 0.3) is 0 Å². The van der Waals surface area contributed by atoms with Crippen molar-refractivity contribution in [3.8, 4) is 0 Å². The van der Waals surface area contributed by atoms with Crippen LogP contribution in [-0.2, 0) is 0 Å². The van der Waals surface area contributed by atoms with E-state index in [0.717, 1.165) is 31.4 Å². The first-order valence-corrected chi connectivity index (χ1v) is 7.24. The van der Waals surface area contributed by atoms with Crippen LogP contribution in [-0.4, -0.2) is 28.1 Å². The summed E-state index contributed by atoms with van der Waals surface area (Å²) in [6.07, 6.45) is 3.45. The molecule has 0 spiro atoms. The Morgan fingerprint density at radius 3 is 2.55 bits per heavy atom. The minimum Gasteiger partial charge on any atom is -0.388 e. The van der Waals surface area contributed by atoms with E-state index in [0.29, 0.717) is 17.7 Å². The van der Waals surface area contributed by atoms with Gasteiger partial charge in [-0.3, -0.25) is 4.79 Å². The normalized spacial score (nSPS) is 20.4. The Morgan fingerprint density at radius 2 is 1.95 bits per heavy atom. The maximum absolute atomic E-state index is 12.0. The van der Waals surface area contributed by atoms with E-state index in [-0.39, 0.29) is 5.91 Å². The van der Waals surface area contributed by atoms with Gasteiger partial charge in [0.15, 0.2) is 0 Å². The van der Waals surface area contributed by atoms with Crippen LogP contribution in [0.1, 0.15) is 55.7 Å². The summed E-state index contributed by atoms with van der Waals surface area (Å²) >= 11 is 0. The van der Waals surface area contributed by atoms with Crippen molar-refractivity contribution in [3.63, 3.8) is 0 Å². The molecule has 0 unspecified atom stereocenters. The fourth-order valence-corrected chi connectivity index (χ4v) is 2.57. The summed E-state index contributed by atoms with van der Waals surface area (Å²) in [5, 5.41) is 13.3. The first kappa shape index (κ1) is 15.0. The molecule has 20 heavy (non-hydrogen) atoms.